The number of H-pyrrole nitrogens is 2. The van der Waals surface area contributed by atoms with Crippen LogP contribution in [0.2, 0.25) is 0 Å². The number of hydrogen-bond donors (Lipinski definition) is 4. The third-order valence-corrected chi connectivity index (χ3v) is 11.5. The fraction of sp³-hybridized carbons (Fsp3) is 0.429. The van der Waals surface area contributed by atoms with Gasteiger partial charge in [-0.2, -0.15) is 0 Å². The van der Waals surface area contributed by atoms with E-state index in [0.717, 1.165) is 64.8 Å². The molecule has 0 radical (unpaired) electrons. The number of aromatic nitrogens is 6. The molecule has 8 rings (SSSR count). The lowest BCUT2D eigenvalue weighted by Gasteiger charge is -2.36. The maximum Gasteiger partial charge on any atom is 0.407 e. The summed E-state index contributed by atoms with van der Waals surface area (Å²) in [5.74, 6) is 0.859. The lowest BCUT2D eigenvalue weighted by atomic mass is 9.96. The molecule has 4 amide bonds. The molecule has 4 N–H and O–H groups in total. The van der Waals surface area contributed by atoms with E-state index in [9.17, 15) is 19.2 Å². The number of aromatic amines is 2. The summed E-state index contributed by atoms with van der Waals surface area (Å²) in [5.41, 5.74) is 6.54. The predicted molar refractivity (Wildman–Crippen MR) is 215 cm³/mol. The Morgan fingerprint density at radius 3 is 1.98 bits per heavy atom. The number of nitrogens with one attached hydrogen (secondary N) is 4. The number of fused-ring (bicyclic) bond motifs is 1. The molecule has 0 aliphatic carbocycles. The van der Waals surface area contributed by atoms with Crippen LogP contribution in [0.1, 0.15) is 63.3 Å². The van der Waals surface area contributed by atoms with Crippen molar-refractivity contribution in [2.75, 3.05) is 40.5 Å². The van der Waals surface area contributed by atoms with E-state index in [1.54, 1.807) is 28.4 Å². The number of nitrogens with zero attached hydrogens (tertiary/aromatic N) is 6. The van der Waals surface area contributed by atoms with Gasteiger partial charge in [-0.3, -0.25) is 19.6 Å². The summed E-state index contributed by atoms with van der Waals surface area (Å²) in [5, 5.41) is 5.40. The second-order valence-electron chi connectivity index (χ2n) is 15.5. The number of alkyl carbamates (subject to hydrolysis) is 2. The summed E-state index contributed by atoms with van der Waals surface area (Å²) in [7, 11) is 2.57. The number of ether oxygens (including phenoxy) is 3. The molecule has 17 heteroatoms. The molecule has 3 aliphatic heterocycles. The largest absolute Gasteiger partial charge is 0.453 e. The molecule has 6 heterocycles. The minimum Gasteiger partial charge on any atom is -0.453 e. The highest BCUT2D eigenvalue weighted by atomic mass is 16.5. The van der Waals surface area contributed by atoms with Crippen molar-refractivity contribution in [2.45, 2.75) is 63.7 Å². The summed E-state index contributed by atoms with van der Waals surface area (Å²) >= 11 is 0. The van der Waals surface area contributed by atoms with Crippen LogP contribution in [0, 0.1) is 11.8 Å². The van der Waals surface area contributed by atoms with Crippen LogP contribution in [-0.2, 0) is 23.8 Å². The van der Waals surface area contributed by atoms with Crippen molar-refractivity contribution in [3.05, 3.63) is 72.7 Å². The molecular formula is C42H48N10O7. The summed E-state index contributed by atoms with van der Waals surface area (Å²) in [6.45, 7) is 5.74. The number of imidazole rings is 2. The quantitative estimate of drug-likeness (QED) is 0.137. The van der Waals surface area contributed by atoms with Crippen LogP contribution in [-0.4, -0.2) is 116 Å². The Kier molecular flexibility index (Phi) is 11.3. The van der Waals surface area contributed by atoms with E-state index in [0.29, 0.717) is 43.6 Å². The number of rotatable bonds is 11. The van der Waals surface area contributed by atoms with Gasteiger partial charge in [0.05, 0.1) is 86.2 Å². The number of carbonyl (C=O) groups excluding carboxylic acids is 4. The maximum atomic E-state index is 13.7. The van der Waals surface area contributed by atoms with Gasteiger partial charge in [0.1, 0.15) is 23.7 Å². The zero-order chi connectivity index (χ0) is 41.2. The highest BCUT2D eigenvalue weighted by molar-refractivity contribution is 5.88. The monoisotopic (exact) mass is 804 g/mol. The molecule has 3 fully saturated rings. The molecular weight excluding hydrogens is 757 g/mol. The zero-order valence-corrected chi connectivity index (χ0v) is 33.4. The summed E-state index contributed by atoms with van der Waals surface area (Å²) in [6.07, 6.45) is 7.18. The van der Waals surface area contributed by atoms with E-state index in [1.165, 1.54) is 14.2 Å². The van der Waals surface area contributed by atoms with Gasteiger partial charge >= 0.3 is 12.2 Å². The molecule has 17 nitrogen and oxygen atoms in total. The molecule has 3 aliphatic rings. The minimum absolute atomic E-state index is 0.109. The first kappa shape index (κ1) is 39.5. The summed E-state index contributed by atoms with van der Waals surface area (Å²) in [6, 6.07) is 11.9. The highest BCUT2D eigenvalue weighted by Crippen LogP contribution is 2.35. The van der Waals surface area contributed by atoms with Crippen molar-refractivity contribution in [3.63, 3.8) is 0 Å². The molecule has 0 saturated carbocycles. The molecule has 4 atom stereocenters. The van der Waals surface area contributed by atoms with Crippen molar-refractivity contribution in [1.29, 1.82) is 0 Å². The van der Waals surface area contributed by atoms with Gasteiger partial charge in [-0.05, 0) is 49.3 Å². The molecule has 3 aromatic heterocycles. The number of likely N-dealkylation sites (tertiary alicyclic amines) is 2. The van der Waals surface area contributed by atoms with Gasteiger partial charge in [-0.15, -0.1) is 0 Å². The minimum atomic E-state index is -0.728. The van der Waals surface area contributed by atoms with Crippen molar-refractivity contribution in [3.8, 4) is 33.8 Å². The molecule has 2 aromatic carbocycles. The molecule has 59 heavy (non-hydrogen) atoms. The van der Waals surface area contributed by atoms with E-state index in [-0.39, 0.29) is 35.7 Å². The molecule has 3 saturated heterocycles. The van der Waals surface area contributed by atoms with Crippen LogP contribution < -0.4 is 10.6 Å². The molecule has 0 bridgehead atoms. The number of carbonyl (C=O) groups is 4. The Morgan fingerprint density at radius 2 is 1.36 bits per heavy atom. The summed E-state index contributed by atoms with van der Waals surface area (Å²) < 4.78 is 14.9. The SMILES string of the molecule is COC(=O)N[C@H](C(=O)N1CCC[C@H]1c1ncc(-c2ccc(-c3cnc(-c4ccc5nc([C@@H]6CCCN6C(=O)[C@@H](NC(=O)OC)C6COC6)[nH]c5c4)cn3)cc2)[nH]1)C(C)C. The Balaban J connectivity index is 0.929. The Bertz CT molecular complexity index is 2320. The first-order valence-electron chi connectivity index (χ1n) is 20.0. The molecule has 308 valence electrons. The van der Waals surface area contributed by atoms with E-state index in [1.807, 2.05) is 56.3 Å². The number of hydrogen-bond acceptors (Lipinski definition) is 11. The Labute approximate surface area is 340 Å². The maximum absolute atomic E-state index is 13.7. The van der Waals surface area contributed by atoms with Gasteiger partial charge in [0.15, 0.2) is 0 Å². The third-order valence-electron chi connectivity index (χ3n) is 11.5. The fourth-order valence-corrected chi connectivity index (χ4v) is 8.15. The van der Waals surface area contributed by atoms with Crippen LogP contribution >= 0.6 is 0 Å². The number of methoxy groups -OCH3 is 2. The second kappa shape index (κ2) is 16.9. The van der Waals surface area contributed by atoms with Crippen LogP contribution in [0.3, 0.4) is 0 Å². The highest BCUT2D eigenvalue weighted by Gasteiger charge is 2.42. The smallest absolute Gasteiger partial charge is 0.407 e. The Morgan fingerprint density at radius 1 is 0.746 bits per heavy atom. The van der Waals surface area contributed by atoms with Crippen LogP contribution in [0.5, 0.6) is 0 Å². The van der Waals surface area contributed by atoms with Gasteiger partial charge in [0, 0.05) is 30.1 Å². The van der Waals surface area contributed by atoms with E-state index < -0.39 is 24.3 Å². The first-order valence-corrected chi connectivity index (χ1v) is 20.0. The van der Waals surface area contributed by atoms with E-state index >= 15 is 0 Å². The van der Waals surface area contributed by atoms with Crippen molar-refractivity contribution in [2.24, 2.45) is 11.8 Å². The molecule has 5 aromatic rings. The van der Waals surface area contributed by atoms with Gasteiger partial charge < -0.3 is 44.6 Å². The van der Waals surface area contributed by atoms with Crippen molar-refractivity contribution < 1.29 is 33.4 Å². The molecule has 0 spiro atoms. The van der Waals surface area contributed by atoms with E-state index in [4.69, 9.17) is 29.2 Å². The average Bonchev–Trinajstić information content (AvgIpc) is 4.07. The lowest BCUT2D eigenvalue weighted by Crippen LogP contribution is -2.56. The second-order valence-corrected chi connectivity index (χ2v) is 15.5. The predicted octanol–water partition coefficient (Wildman–Crippen LogP) is 5.16. The summed E-state index contributed by atoms with van der Waals surface area (Å²) in [4.78, 5) is 80.8. The van der Waals surface area contributed by atoms with Crippen molar-refractivity contribution in [1.82, 2.24) is 50.3 Å². The average molecular weight is 805 g/mol. The Hall–Kier alpha value is -6.36. The zero-order valence-electron chi connectivity index (χ0n) is 33.4. The van der Waals surface area contributed by atoms with Crippen LogP contribution in [0.25, 0.3) is 44.8 Å². The number of amides is 4. The topological polar surface area (TPSA) is 210 Å². The first-order chi connectivity index (χ1) is 28.6. The molecule has 0 unspecified atom stereocenters. The van der Waals surface area contributed by atoms with E-state index in [2.05, 4.69) is 25.6 Å². The lowest BCUT2D eigenvalue weighted by molar-refractivity contribution is -0.142. The van der Waals surface area contributed by atoms with Gasteiger partial charge in [0.25, 0.3) is 0 Å². The van der Waals surface area contributed by atoms with Gasteiger partial charge in [-0.1, -0.05) is 44.2 Å². The van der Waals surface area contributed by atoms with Crippen molar-refractivity contribution >= 4 is 35.0 Å². The number of benzene rings is 2. The van der Waals surface area contributed by atoms with Crippen LogP contribution in [0.15, 0.2) is 61.1 Å². The standard InChI is InChI=1S/C42H48N10O7/c1-23(2)35(49-41(55)57-3)39(53)51-15-5-7-33(51)37-45-20-32(48-37)25-11-9-24(10-12-25)30-18-44-31(19-43-30)26-13-14-28-29(17-26)47-38(46-28)34-8-6-16-52(34)40(54)36(27-21-59-22-27)50-42(56)58-4/h9-14,17-20,23,27,33-36H,5-8,15-16,21-22H2,1-4H3,(H,45,48)(H,46,47)(H,49,55)(H,50,56)/t33-,34-,35-,36-/m0/s1. The fourth-order valence-electron chi connectivity index (χ4n) is 8.15. The third kappa shape index (κ3) is 8.06. The van der Waals surface area contributed by atoms with Crippen LogP contribution in [0.4, 0.5) is 9.59 Å². The van der Waals surface area contributed by atoms with Gasteiger partial charge in [-0.25, -0.2) is 19.6 Å². The normalized spacial score (nSPS) is 19.1. The van der Waals surface area contributed by atoms with Gasteiger partial charge in [0.2, 0.25) is 11.8 Å².